The Morgan fingerprint density at radius 1 is 1.22 bits per heavy atom. The van der Waals surface area contributed by atoms with Gasteiger partial charge in [-0.2, -0.15) is 18.3 Å². The summed E-state index contributed by atoms with van der Waals surface area (Å²) in [5.41, 5.74) is 0.857. The molecule has 1 aromatic carbocycles. The molecule has 1 aliphatic carbocycles. The number of hydrogen-bond donors (Lipinski definition) is 3. The van der Waals surface area contributed by atoms with Crippen LogP contribution in [0.3, 0.4) is 0 Å². The Bertz CT molecular complexity index is 1200. The molecular weight excluding hydrogens is 485 g/mol. The van der Waals surface area contributed by atoms with Gasteiger partial charge in [-0.25, -0.2) is 9.78 Å². The number of carbonyl (C=O) groups excluding carboxylic acids is 2. The molecule has 0 radical (unpaired) electrons. The molecule has 37 heavy (non-hydrogen) atoms. The van der Waals surface area contributed by atoms with E-state index in [2.05, 4.69) is 25.8 Å². The average Bonchev–Trinajstić information content (AvgIpc) is 3.35. The van der Waals surface area contributed by atoms with E-state index in [1.807, 2.05) is 20.8 Å². The number of alkyl halides is 3. The number of fused-ring (bicyclic) bond motifs is 1. The predicted molar refractivity (Wildman–Crippen MR) is 132 cm³/mol. The molecule has 2 heterocycles. The summed E-state index contributed by atoms with van der Waals surface area (Å²) in [6, 6.07) is 4.99. The van der Waals surface area contributed by atoms with Gasteiger partial charge >= 0.3 is 12.2 Å². The van der Waals surface area contributed by atoms with Gasteiger partial charge in [0.1, 0.15) is 12.2 Å². The summed E-state index contributed by atoms with van der Waals surface area (Å²) in [6.07, 6.45) is 1.35. The van der Waals surface area contributed by atoms with Crippen molar-refractivity contribution >= 4 is 17.5 Å². The number of aromatic amines is 1. The fraction of sp³-hybridized carbons (Fsp3) is 0.462. The van der Waals surface area contributed by atoms with Crippen LogP contribution in [-0.2, 0) is 17.4 Å². The van der Waals surface area contributed by atoms with Gasteiger partial charge in [0.05, 0.1) is 11.5 Å². The van der Waals surface area contributed by atoms with Gasteiger partial charge in [-0.05, 0) is 50.5 Å². The highest BCUT2D eigenvalue weighted by Crippen LogP contribution is 2.41. The average molecular weight is 517 g/mol. The zero-order valence-corrected chi connectivity index (χ0v) is 21.0. The van der Waals surface area contributed by atoms with E-state index in [1.165, 1.54) is 12.4 Å². The number of allylic oxidation sites excluding steroid dienone is 2. The van der Waals surface area contributed by atoms with Crippen LogP contribution in [0, 0.1) is 11.8 Å². The lowest BCUT2D eigenvalue weighted by molar-refractivity contribution is -0.137. The summed E-state index contributed by atoms with van der Waals surface area (Å²) in [5.74, 6) is -0.488. The Morgan fingerprint density at radius 2 is 2.00 bits per heavy atom. The second-order valence-electron chi connectivity index (χ2n) is 10.4. The number of nitrogens with zero attached hydrogens (tertiary/aromatic N) is 3. The number of halogens is 3. The highest BCUT2D eigenvalue weighted by atomic mass is 19.4. The van der Waals surface area contributed by atoms with Crippen molar-refractivity contribution in [2.75, 3.05) is 19.6 Å². The molecule has 2 atom stereocenters. The number of H-pyrrole nitrogens is 1. The SMILES string of the molecule is CC(C)(C)NC(=O)N1CCC2=C(c3cccc(C(F)(F)F)c3)C=CC(C(=O)NCCc3ncn[nH]3)C2C1. The molecule has 0 saturated carbocycles. The molecule has 198 valence electrons. The highest BCUT2D eigenvalue weighted by molar-refractivity contribution is 5.87. The lowest BCUT2D eigenvalue weighted by Gasteiger charge is -2.41. The number of hydrogen-bond acceptors (Lipinski definition) is 4. The number of nitrogens with one attached hydrogen (secondary N) is 3. The standard InChI is InChI=1S/C26H31F3N6O2/c1-25(2,3)33-24(37)35-12-10-19-18(16-5-4-6-17(13-16)26(27,28)29)7-8-20(21(19)14-35)23(36)30-11-9-22-31-15-32-34-22/h4-8,13,15,20-21H,9-12,14H2,1-3H3,(H,30,36)(H,33,37)(H,31,32,34). The van der Waals surface area contributed by atoms with E-state index in [-0.39, 0.29) is 24.4 Å². The first-order valence-electron chi connectivity index (χ1n) is 12.2. The van der Waals surface area contributed by atoms with Crippen LogP contribution < -0.4 is 10.6 Å². The molecule has 8 nitrogen and oxygen atoms in total. The number of amides is 3. The minimum atomic E-state index is -4.46. The topological polar surface area (TPSA) is 103 Å². The molecule has 3 amide bonds. The molecule has 1 aliphatic heterocycles. The van der Waals surface area contributed by atoms with Crippen molar-refractivity contribution in [1.29, 1.82) is 0 Å². The molecule has 11 heteroatoms. The number of aromatic nitrogens is 3. The van der Waals surface area contributed by atoms with E-state index in [0.29, 0.717) is 42.9 Å². The van der Waals surface area contributed by atoms with Crippen molar-refractivity contribution in [3.63, 3.8) is 0 Å². The van der Waals surface area contributed by atoms with Crippen LogP contribution >= 0.6 is 0 Å². The lowest BCUT2D eigenvalue weighted by Crippen LogP contribution is -2.53. The van der Waals surface area contributed by atoms with Gasteiger partial charge in [-0.15, -0.1) is 0 Å². The van der Waals surface area contributed by atoms with Crippen molar-refractivity contribution in [3.05, 3.63) is 65.3 Å². The first-order valence-corrected chi connectivity index (χ1v) is 12.2. The number of likely N-dealkylation sites (tertiary alicyclic amines) is 1. The summed E-state index contributed by atoms with van der Waals surface area (Å²) in [6.45, 7) is 6.70. The van der Waals surface area contributed by atoms with Crippen LogP contribution in [-0.4, -0.2) is 57.2 Å². The number of urea groups is 1. The normalized spacial score (nSPS) is 20.0. The van der Waals surface area contributed by atoms with Gasteiger partial charge in [0, 0.05) is 37.5 Å². The van der Waals surface area contributed by atoms with Crippen molar-refractivity contribution in [2.45, 2.75) is 45.3 Å². The van der Waals surface area contributed by atoms with Crippen molar-refractivity contribution in [2.24, 2.45) is 11.8 Å². The van der Waals surface area contributed by atoms with Crippen LogP contribution in [0.5, 0.6) is 0 Å². The number of benzene rings is 1. The Labute approximate surface area is 213 Å². The molecule has 4 rings (SSSR count). The van der Waals surface area contributed by atoms with E-state index in [0.717, 1.165) is 17.7 Å². The Kier molecular flexibility index (Phi) is 7.42. The van der Waals surface area contributed by atoms with E-state index < -0.39 is 23.2 Å². The number of piperidine rings is 1. The molecule has 1 aromatic heterocycles. The largest absolute Gasteiger partial charge is 0.416 e. The monoisotopic (exact) mass is 516 g/mol. The Balaban J connectivity index is 1.60. The van der Waals surface area contributed by atoms with Crippen LogP contribution in [0.1, 0.15) is 44.1 Å². The maximum Gasteiger partial charge on any atom is 0.416 e. The second kappa shape index (κ2) is 10.4. The lowest BCUT2D eigenvalue weighted by atomic mass is 9.73. The van der Waals surface area contributed by atoms with Crippen LogP contribution in [0.15, 0.2) is 48.3 Å². The van der Waals surface area contributed by atoms with Gasteiger partial charge in [-0.1, -0.05) is 29.9 Å². The van der Waals surface area contributed by atoms with Gasteiger partial charge in [0.2, 0.25) is 5.91 Å². The summed E-state index contributed by atoms with van der Waals surface area (Å²) in [4.78, 5) is 31.9. The minimum Gasteiger partial charge on any atom is -0.355 e. The van der Waals surface area contributed by atoms with Gasteiger partial charge in [0.25, 0.3) is 0 Å². The van der Waals surface area contributed by atoms with Crippen molar-refractivity contribution in [1.82, 2.24) is 30.7 Å². The first kappa shape index (κ1) is 26.4. The maximum atomic E-state index is 13.4. The van der Waals surface area contributed by atoms with E-state index >= 15 is 0 Å². The molecular formula is C26H31F3N6O2. The van der Waals surface area contributed by atoms with Gasteiger partial charge in [0.15, 0.2) is 0 Å². The fourth-order valence-corrected chi connectivity index (χ4v) is 4.76. The third-order valence-corrected chi connectivity index (χ3v) is 6.46. The molecule has 1 fully saturated rings. The minimum absolute atomic E-state index is 0.209. The maximum absolute atomic E-state index is 13.4. The van der Waals surface area contributed by atoms with Crippen LogP contribution in [0.4, 0.5) is 18.0 Å². The molecule has 2 unspecified atom stereocenters. The van der Waals surface area contributed by atoms with E-state index in [9.17, 15) is 22.8 Å². The van der Waals surface area contributed by atoms with E-state index in [4.69, 9.17) is 0 Å². The summed E-state index contributed by atoms with van der Waals surface area (Å²) in [5, 5.41) is 12.4. The summed E-state index contributed by atoms with van der Waals surface area (Å²) >= 11 is 0. The smallest absolute Gasteiger partial charge is 0.355 e. The molecule has 0 spiro atoms. The summed E-state index contributed by atoms with van der Waals surface area (Å²) < 4.78 is 40.1. The first-order chi connectivity index (χ1) is 17.4. The number of rotatable bonds is 5. The molecule has 2 aliphatic rings. The molecule has 1 saturated heterocycles. The zero-order valence-electron chi connectivity index (χ0n) is 21.0. The van der Waals surface area contributed by atoms with Gasteiger partial charge < -0.3 is 15.5 Å². The van der Waals surface area contributed by atoms with Crippen LogP contribution in [0.25, 0.3) is 5.57 Å². The molecule has 3 N–H and O–H groups in total. The third-order valence-electron chi connectivity index (χ3n) is 6.46. The number of carbonyl (C=O) groups is 2. The quantitative estimate of drug-likeness (QED) is 0.560. The zero-order chi connectivity index (χ0) is 26.8. The highest BCUT2D eigenvalue weighted by Gasteiger charge is 2.39. The Hall–Kier alpha value is -3.63. The van der Waals surface area contributed by atoms with E-state index in [1.54, 1.807) is 23.1 Å². The Morgan fingerprint density at radius 3 is 2.68 bits per heavy atom. The van der Waals surface area contributed by atoms with Gasteiger partial charge in [-0.3, -0.25) is 9.89 Å². The molecule has 2 aromatic rings. The van der Waals surface area contributed by atoms with Crippen molar-refractivity contribution < 1.29 is 22.8 Å². The van der Waals surface area contributed by atoms with Crippen LogP contribution in [0.2, 0.25) is 0 Å². The second-order valence-corrected chi connectivity index (χ2v) is 10.4. The van der Waals surface area contributed by atoms with Crippen molar-refractivity contribution in [3.8, 4) is 0 Å². The predicted octanol–water partition coefficient (Wildman–Crippen LogP) is 3.95. The summed E-state index contributed by atoms with van der Waals surface area (Å²) in [7, 11) is 0. The fourth-order valence-electron chi connectivity index (χ4n) is 4.76. The molecule has 0 bridgehead atoms. The third kappa shape index (κ3) is 6.39.